The van der Waals surface area contributed by atoms with Gasteiger partial charge in [0.2, 0.25) is 0 Å². The number of hydrogen-bond donors (Lipinski definition) is 0. The van der Waals surface area contributed by atoms with Crippen molar-refractivity contribution in [1.29, 1.82) is 0 Å². The summed E-state index contributed by atoms with van der Waals surface area (Å²) in [4.78, 5) is 0. The molecule has 1 heterocycles. The van der Waals surface area contributed by atoms with E-state index >= 15 is 0 Å². The summed E-state index contributed by atoms with van der Waals surface area (Å²) in [7, 11) is 0. The van der Waals surface area contributed by atoms with Gasteiger partial charge >= 0.3 is 6.18 Å². The zero-order valence-electron chi connectivity index (χ0n) is 7.76. The fourth-order valence-corrected chi connectivity index (χ4v) is 3.87. The minimum Gasteiger partial charge on any atom is -0.170 e. The third-order valence-electron chi connectivity index (χ3n) is 2.97. The molecule has 0 saturated carbocycles. The molecule has 1 fully saturated rings. The standard InChI is InChI=1S/C10H13F3S/c11-10(12,13)9-6-7-4-2-1-3-5-8(7)14-9/h1-2,7-9H,3-6H2. The molecule has 80 valence electrons. The van der Waals surface area contributed by atoms with Crippen molar-refractivity contribution in [2.45, 2.75) is 42.4 Å². The lowest BCUT2D eigenvalue weighted by molar-refractivity contribution is -0.129. The monoisotopic (exact) mass is 222 g/mol. The van der Waals surface area contributed by atoms with Crippen molar-refractivity contribution in [2.24, 2.45) is 5.92 Å². The molecule has 0 nitrogen and oxygen atoms in total. The second-order valence-electron chi connectivity index (χ2n) is 3.99. The lowest BCUT2D eigenvalue weighted by Gasteiger charge is -2.14. The van der Waals surface area contributed by atoms with Crippen LogP contribution in [0.5, 0.6) is 0 Å². The van der Waals surface area contributed by atoms with Gasteiger partial charge in [-0.2, -0.15) is 13.2 Å². The van der Waals surface area contributed by atoms with Crippen molar-refractivity contribution in [1.82, 2.24) is 0 Å². The predicted molar refractivity (Wildman–Crippen MR) is 52.3 cm³/mol. The minimum absolute atomic E-state index is 0.233. The maximum Gasteiger partial charge on any atom is 0.400 e. The highest BCUT2D eigenvalue weighted by Gasteiger charge is 2.48. The Bertz CT molecular complexity index is 234. The van der Waals surface area contributed by atoms with E-state index in [1.807, 2.05) is 6.08 Å². The number of rotatable bonds is 0. The van der Waals surface area contributed by atoms with Gasteiger partial charge in [-0.05, 0) is 31.6 Å². The summed E-state index contributed by atoms with van der Waals surface area (Å²) in [6.07, 6.45) is 3.16. The molecule has 2 aliphatic rings. The first-order valence-electron chi connectivity index (χ1n) is 4.94. The van der Waals surface area contributed by atoms with Crippen molar-refractivity contribution >= 4 is 11.8 Å². The van der Waals surface area contributed by atoms with Gasteiger partial charge in [0.1, 0.15) is 5.25 Å². The van der Waals surface area contributed by atoms with Crippen LogP contribution < -0.4 is 0 Å². The van der Waals surface area contributed by atoms with E-state index in [-0.39, 0.29) is 11.2 Å². The lowest BCUT2D eigenvalue weighted by atomic mass is 9.95. The van der Waals surface area contributed by atoms with E-state index in [1.54, 1.807) is 0 Å². The normalized spacial score (nSPS) is 38.1. The van der Waals surface area contributed by atoms with E-state index in [0.717, 1.165) is 31.0 Å². The zero-order chi connectivity index (χ0) is 10.2. The smallest absolute Gasteiger partial charge is 0.170 e. The van der Waals surface area contributed by atoms with Crippen LogP contribution in [0.2, 0.25) is 0 Å². The van der Waals surface area contributed by atoms with Crippen LogP contribution >= 0.6 is 11.8 Å². The predicted octanol–water partition coefficient (Wildman–Crippen LogP) is 3.78. The Kier molecular flexibility index (Phi) is 2.82. The van der Waals surface area contributed by atoms with Gasteiger partial charge in [-0.25, -0.2) is 0 Å². The summed E-state index contributed by atoms with van der Waals surface area (Å²) >= 11 is 1.15. The quantitative estimate of drug-likeness (QED) is 0.562. The number of fused-ring (bicyclic) bond motifs is 1. The molecule has 0 aromatic rings. The van der Waals surface area contributed by atoms with Crippen LogP contribution in [0.15, 0.2) is 12.2 Å². The SMILES string of the molecule is FC(F)(F)C1CC2CC=CCCC2S1. The number of halogens is 3. The average Bonchev–Trinajstić information content (AvgIpc) is 2.38. The highest BCUT2D eigenvalue weighted by atomic mass is 32.2. The van der Waals surface area contributed by atoms with E-state index in [1.165, 1.54) is 0 Å². The molecule has 0 bridgehead atoms. The van der Waals surface area contributed by atoms with Crippen molar-refractivity contribution in [3.8, 4) is 0 Å². The Hall–Kier alpha value is -0.120. The molecule has 1 aliphatic heterocycles. The summed E-state index contributed by atoms with van der Waals surface area (Å²) in [6, 6.07) is 0. The highest BCUT2D eigenvalue weighted by Crippen LogP contribution is 2.49. The molecule has 1 aliphatic carbocycles. The molecule has 0 radical (unpaired) electrons. The minimum atomic E-state index is -4.00. The molecule has 0 aromatic carbocycles. The molecule has 0 spiro atoms. The van der Waals surface area contributed by atoms with Gasteiger partial charge in [0.05, 0.1) is 0 Å². The molecule has 2 rings (SSSR count). The molecule has 4 heteroatoms. The van der Waals surface area contributed by atoms with Crippen LogP contribution in [-0.4, -0.2) is 16.7 Å². The Labute approximate surface area is 85.9 Å². The molecular weight excluding hydrogens is 209 g/mol. The second-order valence-corrected chi connectivity index (χ2v) is 5.43. The second kappa shape index (κ2) is 3.80. The Balaban J connectivity index is 2.02. The molecule has 14 heavy (non-hydrogen) atoms. The highest BCUT2D eigenvalue weighted by molar-refractivity contribution is 8.00. The van der Waals surface area contributed by atoms with Crippen LogP contribution in [-0.2, 0) is 0 Å². The van der Waals surface area contributed by atoms with E-state index in [2.05, 4.69) is 6.08 Å². The topological polar surface area (TPSA) is 0 Å². The van der Waals surface area contributed by atoms with E-state index in [0.29, 0.717) is 6.42 Å². The first kappa shape index (κ1) is 10.4. The van der Waals surface area contributed by atoms with E-state index in [4.69, 9.17) is 0 Å². The summed E-state index contributed by atoms with van der Waals surface area (Å²) < 4.78 is 37.4. The molecule has 3 unspecified atom stereocenters. The first-order chi connectivity index (χ1) is 6.57. The van der Waals surface area contributed by atoms with Gasteiger partial charge in [0, 0.05) is 5.25 Å². The van der Waals surface area contributed by atoms with Gasteiger partial charge in [0.15, 0.2) is 0 Å². The third kappa shape index (κ3) is 2.10. The van der Waals surface area contributed by atoms with E-state index < -0.39 is 11.4 Å². The Morgan fingerprint density at radius 1 is 1.21 bits per heavy atom. The summed E-state index contributed by atoms with van der Waals surface area (Å²) in [5, 5.41) is -0.874. The van der Waals surface area contributed by atoms with Gasteiger partial charge < -0.3 is 0 Å². The molecule has 1 saturated heterocycles. The fourth-order valence-electron chi connectivity index (χ4n) is 2.22. The van der Waals surface area contributed by atoms with Crippen molar-refractivity contribution < 1.29 is 13.2 Å². The molecule has 0 amide bonds. The Morgan fingerprint density at radius 2 is 2.00 bits per heavy atom. The van der Waals surface area contributed by atoms with Crippen LogP contribution in [0.1, 0.15) is 25.7 Å². The Morgan fingerprint density at radius 3 is 2.71 bits per heavy atom. The van der Waals surface area contributed by atoms with Crippen LogP contribution in [0.3, 0.4) is 0 Å². The summed E-state index contributed by atoms with van der Waals surface area (Å²) in [5.41, 5.74) is 0. The van der Waals surface area contributed by atoms with E-state index in [9.17, 15) is 13.2 Å². The largest absolute Gasteiger partial charge is 0.400 e. The fraction of sp³-hybridized carbons (Fsp3) is 0.800. The molecular formula is C10H13F3S. The molecule has 3 atom stereocenters. The molecule has 0 aromatic heterocycles. The zero-order valence-corrected chi connectivity index (χ0v) is 8.57. The maximum absolute atomic E-state index is 12.5. The van der Waals surface area contributed by atoms with Gasteiger partial charge in [0.25, 0.3) is 0 Å². The van der Waals surface area contributed by atoms with Gasteiger partial charge in [-0.15, -0.1) is 11.8 Å². The lowest BCUT2D eigenvalue weighted by Crippen LogP contribution is -2.23. The van der Waals surface area contributed by atoms with Crippen molar-refractivity contribution in [2.75, 3.05) is 0 Å². The number of hydrogen-bond acceptors (Lipinski definition) is 1. The summed E-state index contributed by atoms with van der Waals surface area (Å²) in [5.74, 6) is 0.255. The van der Waals surface area contributed by atoms with Crippen LogP contribution in [0.25, 0.3) is 0 Å². The molecule has 0 N–H and O–H groups in total. The third-order valence-corrected chi connectivity index (χ3v) is 4.73. The van der Waals surface area contributed by atoms with Crippen LogP contribution in [0, 0.1) is 5.92 Å². The van der Waals surface area contributed by atoms with Crippen LogP contribution in [0.4, 0.5) is 13.2 Å². The number of allylic oxidation sites excluding steroid dienone is 2. The summed E-state index contributed by atoms with van der Waals surface area (Å²) in [6.45, 7) is 0. The first-order valence-corrected chi connectivity index (χ1v) is 5.89. The average molecular weight is 222 g/mol. The maximum atomic E-state index is 12.5. The van der Waals surface area contributed by atoms with Gasteiger partial charge in [-0.3, -0.25) is 0 Å². The number of alkyl halides is 3. The number of thioether (sulfide) groups is 1. The van der Waals surface area contributed by atoms with Gasteiger partial charge in [-0.1, -0.05) is 12.2 Å². The van der Waals surface area contributed by atoms with Crippen molar-refractivity contribution in [3.05, 3.63) is 12.2 Å². The van der Waals surface area contributed by atoms with Crippen molar-refractivity contribution in [3.63, 3.8) is 0 Å².